The fraction of sp³-hybridized carbons (Fsp3) is 0.294. The second-order valence-electron chi connectivity index (χ2n) is 4.96. The van der Waals surface area contributed by atoms with Gasteiger partial charge in [0.25, 0.3) is 5.91 Å². The highest BCUT2D eigenvalue weighted by Crippen LogP contribution is 2.39. The van der Waals surface area contributed by atoms with Crippen LogP contribution < -0.4 is 19.5 Å². The number of benzene rings is 1. The molecule has 0 saturated heterocycles. The molecule has 1 heterocycles. The Morgan fingerprint density at radius 3 is 2.08 bits per heavy atom. The fourth-order valence-electron chi connectivity index (χ4n) is 2.47. The number of methoxy groups -OCH3 is 4. The van der Waals surface area contributed by atoms with Crippen LogP contribution in [0.5, 0.6) is 17.2 Å². The van der Waals surface area contributed by atoms with Crippen molar-refractivity contribution in [2.24, 2.45) is 0 Å². The highest BCUT2D eigenvalue weighted by atomic mass is 16.5. The number of ether oxygens (including phenoxy) is 4. The monoisotopic (exact) mass is 333 g/mol. The molecule has 0 fully saturated rings. The molecule has 1 amide bonds. The second kappa shape index (κ2) is 7.08. The Morgan fingerprint density at radius 2 is 1.62 bits per heavy atom. The van der Waals surface area contributed by atoms with Crippen molar-refractivity contribution in [3.63, 3.8) is 0 Å². The first kappa shape index (κ1) is 17.4. The van der Waals surface area contributed by atoms with Gasteiger partial charge < -0.3 is 24.3 Å². The number of nitrogens with one attached hydrogen (secondary N) is 1. The van der Waals surface area contributed by atoms with Crippen molar-refractivity contribution in [2.75, 3.05) is 28.4 Å². The first-order valence-corrected chi connectivity index (χ1v) is 7.09. The van der Waals surface area contributed by atoms with E-state index in [2.05, 4.69) is 5.32 Å². The van der Waals surface area contributed by atoms with Crippen LogP contribution in [0.15, 0.2) is 29.0 Å². The highest BCUT2D eigenvalue weighted by molar-refractivity contribution is 6.16. The normalized spacial score (nSPS) is 15.4. The molecule has 0 saturated carbocycles. The molecule has 0 bridgehead atoms. The quantitative estimate of drug-likeness (QED) is 0.652. The van der Waals surface area contributed by atoms with Gasteiger partial charge in [0.2, 0.25) is 5.75 Å². The molecule has 1 aromatic rings. The molecule has 7 heteroatoms. The SMILES string of the molecule is COC(=O)C1=C(C)NC(=O)/C1=C\c1cc(OC)c(OC)c(OC)c1. The molecule has 0 radical (unpaired) electrons. The van der Waals surface area contributed by atoms with Crippen molar-refractivity contribution in [3.8, 4) is 17.2 Å². The van der Waals surface area contributed by atoms with Crippen molar-refractivity contribution in [1.82, 2.24) is 5.32 Å². The summed E-state index contributed by atoms with van der Waals surface area (Å²) in [6.07, 6.45) is 1.57. The molecule has 1 N–H and O–H groups in total. The van der Waals surface area contributed by atoms with E-state index < -0.39 is 5.97 Å². The van der Waals surface area contributed by atoms with Crippen LogP contribution >= 0.6 is 0 Å². The van der Waals surface area contributed by atoms with E-state index in [9.17, 15) is 9.59 Å². The molecule has 0 unspecified atom stereocenters. The molecule has 0 atom stereocenters. The van der Waals surface area contributed by atoms with Gasteiger partial charge in [-0.25, -0.2) is 4.79 Å². The van der Waals surface area contributed by atoms with Gasteiger partial charge in [0.1, 0.15) is 0 Å². The van der Waals surface area contributed by atoms with Crippen LogP contribution in [0.2, 0.25) is 0 Å². The van der Waals surface area contributed by atoms with E-state index in [1.54, 1.807) is 25.1 Å². The number of carbonyl (C=O) groups excluding carboxylic acids is 2. The molecule has 0 spiro atoms. The molecule has 0 aromatic heterocycles. The van der Waals surface area contributed by atoms with E-state index in [1.165, 1.54) is 28.4 Å². The van der Waals surface area contributed by atoms with E-state index >= 15 is 0 Å². The second-order valence-corrected chi connectivity index (χ2v) is 4.96. The zero-order valence-electron chi connectivity index (χ0n) is 14.2. The van der Waals surface area contributed by atoms with Crippen LogP contribution in [0.25, 0.3) is 6.08 Å². The zero-order valence-corrected chi connectivity index (χ0v) is 14.2. The summed E-state index contributed by atoms with van der Waals surface area (Å²) in [5, 5.41) is 2.62. The van der Waals surface area contributed by atoms with E-state index in [-0.39, 0.29) is 17.1 Å². The minimum atomic E-state index is -0.579. The Morgan fingerprint density at radius 1 is 1.04 bits per heavy atom. The van der Waals surface area contributed by atoms with Crippen LogP contribution in [0.3, 0.4) is 0 Å². The summed E-state index contributed by atoms with van der Waals surface area (Å²) >= 11 is 0. The van der Waals surface area contributed by atoms with Crippen LogP contribution in [-0.2, 0) is 14.3 Å². The number of allylic oxidation sites excluding steroid dienone is 1. The van der Waals surface area contributed by atoms with E-state index in [0.29, 0.717) is 28.5 Å². The molecule has 128 valence electrons. The summed E-state index contributed by atoms with van der Waals surface area (Å²) in [4.78, 5) is 24.1. The maximum absolute atomic E-state index is 12.1. The minimum absolute atomic E-state index is 0.205. The predicted molar refractivity (Wildman–Crippen MR) is 86.9 cm³/mol. The number of amides is 1. The van der Waals surface area contributed by atoms with Crippen molar-refractivity contribution in [3.05, 3.63) is 34.5 Å². The van der Waals surface area contributed by atoms with Gasteiger partial charge in [-0.3, -0.25) is 4.79 Å². The lowest BCUT2D eigenvalue weighted by Crippen LogP contribution is -2.15. The van der Waals surface area contributed by atoms with Crippen molar-refractivity contribution in [1.29, 1.82) is 0 Å². The van der Waals surface area contributed by atoms with Crippen LogP contribution in [0, 0.1) is 0 Å². The molecule has 2 rings (SSSR count). The summed E-state index contributed by atoms with van der Waals surface area (Å²) < 4.78 is 20.6. The number of hydrogen-bond donors (Lipinski definition) is 1. The molecule has 1 aromatic carbocycles. The molecular formula is C17H19NO6. The fourth-order valence-corrected chi connectivity index (χ4v) is 2.47. The zero-order chi connectivity index (χ0) is 17.9. The van der Waals surface area contributed by atoms with Crippen LogP contribution in [0.4, 0.5) is 0 Å². The van der Waals surface area contributed by atoms with Gasteiger partial charge in [0.05, 0.1) is 39.6 Å². The van der Waals surface area contributed by atoms with Crippen LogP contribution in [-0.4, -0.2) is 40.3 Å². The third kappa shape index (κ3) is 3.05. The third-order valence-corrected chi connectivity index (χ3v) is 3.58. The Kier molecular flexibility index (Phi) is 5.13. The Hall–Kier alpha value is -2.96. The molecule has 1 aliphatic rings. The Balaban J connectivity index is 2.58. The van der Waals surface area contributed by atoms with Crippen LogP contribution in [0.1, 0.15) is 12.5 Å². The number of carbonyl (C=O) groups is 2. The lowest BCUT2D eigenvalue weighted by Gasteiger charge is -2.13. The topological polar surface area (TPSA) is 83.1 Å². The first-order chi connectivity index (χ1) is 11.5. The van der Waals surface area contributed by atoms with Crippen molar-refractivity contribution in [2.45, 2.75) is 6.92 Å². The Bertz CT molecular complexity index is 722. The van der Waals surface area contributed by atoms with Gasteiger partial charge in [-0.1, -0.05) is 0 Å². The van der Waals surface area contributed by atoms with E-state index in [4.69, 9.17) is 18.9 Å². The van der Waals surface area contributed by atoms with Gasteiger partial charge in [0, 0.05) is 5.70 Å². The average Bonchev–Trinajstić information content (AvgIpc) is 2.86. The van der Waals surface area contributed by atoms with Gasteiger partial charge in [-0.15, -0.1) is 0 Å². The van der Waals surface area contributed by atoms with Gasteiger partial charge >= 0.3 is 5.97 Å². The maximum atomic E-state index is 12.1. The van der Waals surface area contributed by atoms with Crippen molar-refractivity contribution >= 4 is 18.0 Å². The maximum Gasteiger partial charge on any atom is 0.340 e. The summed E-state index contributed by atoms with van der Waals surface area (Å²) in [6, 6.07) is 3.37. The molecular weight excluding hydrogens is 314 g/mol. The standard InChI is InChI=1S/C17H19NO6/c1-9-14(17(20)24-5)11(16(19)18-9)6-10-7-12(21-2)15(23-4)13(8-10)22-3/h6-8H,1-5H3,(H,18,19)/b11-6-. The first-order valence-electron chi connectivity index (χ1n) is 7.09. The molecule has 24 heavy (non-hydrogen) atoms. The van der Waals surface area contributed by atoms with Gasteiger partial charge in [0.15, 0.2) is 11.5 Å². The number of esters is 1. The minimum Gasteiger partial charge on any atom is -0.493 e. The smallest absolute Gasteiger partial charge is 0.340 e. The lowest BCUT2D eigenvalue weighted by atomic mass is 10.0. The summed E-state index contributed by atoms with van der Waals surface area (Å²) in [5.74, 6) is 0.383. The van der Waals surface area contributed by atoms with E-state index in [1.807, 2.05) is 0 Å². The average molecular weight is 333 g/mol. The van der Waals surface area contributed by atoms with Gasteiger partial charge in [-0.2, -0.15) is 0 Å². The van der Waals surface area contributed by atoms with Gasteiger partial charge in [-0.05, 0) is 30.7 Å². The Labute approximate surface area is 139 Å². The molecule has 7 nitrogen and oxygen atoms in total. The summed E-state index contributed by atoms with van der Waals surface area (Å²) in [6.45, 7) is 1.64. The summed E-state index contributed by atoms with van der Waals surface area (Å²) in [7, 11) is 5.77. The highest BCUT2D eigenvalue weighted by Gasteiger charge is 2.30. The molecule has 0 aliphatic carbocycles. The van der Waals surface area contributed by atoms with E-state index in [0.717, 1.165) is 0 Å². The number of rotatable bonds is 5. The van der Waals surface area contributed by atoms with Crippen molar-refractivity contribution < 1.29 is 28.5 Å². The summed E-state index contributed by atoms with van der Waals surface area (Å²) in [5.41, 5.74) is 1.49. The molecule has 1 aliphatic heterocycles. The predicted octanol–water partition coefficient (Wildman–Crippen LogP) is 1.67. The largest absolute Gasteiger partial charge is 0.493 e. The number of hydrogen-bond acceptors (Lipinski definition) is 6. The third-order valence-electron chi connectivity index (χ3n) is 3.58. The lowest BCUT2D eigenvalue weighted by molar-refractivity contribution is -0.136.